The summed E-state index contributed by atoms with van der Waals surface area (Å²) in [7, 11) is 1.67. The van der Waals surface area contributed by atoms with Gasteiger partial charge in [-0.2, -0.15) is 0 Å². The number of carbonyl (C=O) groups excluding carboxylic acids is 1. The summed E-state index contributed by atoms with van der Waals surface area (Å²) in [6.07, 6.45) is 1.59. The number of rotatable bonds is 4. The minimum Gasteiger partial charge on any atom is -0.497 e. The molecule has 126 valence electrons. The van der Waals surface area contributed by atoms with E-state index in [1.54, 1.807) is 18.4 Å². The molecule has 0 unspecified atom stereocenters. The lowest BCUT2D eigenvalue weighted by Crippen LogP contribution is -2.23. The molecular weight excluding hydrogens is 332 g/mol. The molecule has 0 radical (unpaired) electrons. The van der Waals surface area contributed by atoms with Crippen LogP contribution in [-0.4, -0.2) is 24.5 Å². The topological polar surface area (TPSA) is 42.4 Å². The molecule has 0 spiro atoms. The van der Waals surface area contributed by atoms with Gasteiger partial charge in [-0.25, -0.2) is 4.98 Å². The number of methoxy groups -OCH3 is 1. The number of benzene rings is 2. The molecule has 4 nitrogen and oxygen atoms in total. The zero-order chi connectivity index (χ0) is 17.2. The van der Waals surface area contributed by atoms with Crippen molar-refractivity contribution < 1.29 is 9.53 Å². The van der Waals surface area contributed by atoms with E-state index in [1.165, 1.54) is 0 Å². The summed E-state index contributed by atoms with van der Waals surface area (Å²) < 4.78 is 5.28. The minimum absolute atomic E-state index is 0.210. The Morgan fingerprint density at radius 3 is 2.68 bits per heavy atom. The highest BCUT2D eigenvalue weighted by atomic mass is 32.1. The van der Waals surface area contributed by atoms with Crippen LogP contribution in [0.2, 0.25) is 0 Å². The second-order valence-corrected chi connectivity index (χ2v) is 6.82. The second kappa shape index (κ2) is 6.69. The lowest BCUT2D eigenvalue weighted by atomic mass is 10.1. The average molecular weight is 350 g/mol. The average Bonchev–Trinajstić information content (AvgIpc) is 3.31. The van der Waals surface area contributed by atoms with Crippen LogP contribution in [0.25, 0.3) is 21.8 Å². The quantitative estimate of drug-likeness (QED) is 0.690. The summed E-state index contributed by atoms with van der Waals surface area (Å²) in [5, 5.41) is 3.03. The van der Waals surface area contributed by atoms with Gasteiger partial charge >= 0.3 is 0 Å². The molecule has 0 bridgehead atoms. The van der Waals surface area contributed by atoms with Gasteiger partial charge in [-0.05, 0) is 30.7 Å². The van der Waals surface area contributed by atoms with E-state index in [4.69, 9.17) is 9.72 Å². The minimum atomic E-state index is 0.210. The number of nitrogens with zero attached hydrogens (tertiary/aromatic N) is 2. The summed E-state index contributed by atoms with van der Waals surface area (Å²) >= 11 is 1.62. The van der Waals surface area contributed by atoms with Crippen molar-refractivity contribution in [3.63, 3.8) is 0 Å². The predicted octanol–water partition coefficient (Wildman–Crippen LogP) is 4.61. The van der Waals surface area contributed by atoms with E-state index in [0.717, 1.165) is 46.2 Å². The fourth-order valence-corrected chi connectivity index (χ4v) is 3.85. The van der Waals surface area contributed by atoms with Crippen molar-refractivity contribution >= 4 is 22.9 Å². The molecule has 1 aliphatic rings. The monoisotopic (exact) mass is 350 g/mol. The van der Waals surface area contributed by atoms with Crippen LogP contribution in [-0.2, 0) is 4.79 Å². The van der Waals surface area contributed by atoms with Crippen molar-refractivity contribution in [2.45, 2.75) is 12.8 Å². The highest BCUT2D eigenvalue weighted by molar-refractivity contribution is 7.13. The van der Waals surface area contributed by atoms with Crippen molar-refractivity contribution in [2.75, 3.05) is 18.6 Å². The zero-order valence-electron chi connectivity index (χ0n) is 13.9. The number of hydrogen-bond donors (Lipinski definition) is 0. The van der Waals surface area contributed by atoms with E-state index >= 15 is 0 Å². The first-order valence-electron chi connectivity index (χ1n) is 8.25. The van der Waals surface area contributed by atoms with Gasteiger partial charge in [0.15, 0.2) is 0 Å². The molecule has 0 atom stereocenters. The standard InChI is InChI=1S/C20H18N2O2S/c1-24-17-5-2-4-15(12-17)20-21-18(13-25-20)14-7-9-16(10-8-14)22-11-3-6-19(22)23/h2,4-5,7-10,12-13H,3,6,11H2,1H3. The molecule has 4 rings (SSSR count). The van der Waals surface area contributed by atoms with Crippen LogP contribution < -0.4 is 9.64 Å². The maximum absolute atomic E-state index is 11.8. The van der Waals surface area contributed by atoms with Crippen LogP contribution in [0, 0.1) is 0 Å². The number of hydrogen-bond acceptors (Lipinski definition) is 4. The third kappa shape index (κ3) is 3.15. The Balaban J connectivity index is 1.58. The summed E-state index contributed by atoms with van der Waals surface area (Å²) in [4.78, 5) is 18.5. The molecule has 1 fully saturated rings. The molecule has 2 heterocycles. The number of thiazole rings is 1. The van der Waals surface area contributed by atoms with Crippen LogP contribution in [0.15, 0.2) is 53.9 Å². The fraction of sp³-hybridized carbons (Fsp3) is 0.200. The second-order valence-electron chi connectivity index (χ2n) is 5.97. The third-order valence-electron chi connectivity index (χ3n) is 4.37. The first-order chi connectivity index (χ1) is 12.2. The maximum atomic E-state index is 11.8. The summed E-state index contributed by atoms with van der Waals surface area (Å²) in [6.45, 7) is 0.814. The molecule has 5 heteroatoms. The Bertz CT molecular complexity index is 902. The lowest BCUT2D eigenvalue weighted by Gasteiger charge is -2.15. The number of anilines is 1. The zero-order valence-corrected chi connectivity index (χ0v) is 14.8. The van der Waals surface area contributed by atoms with Gasteiger partial charge < -0.3 is 9.64 Å². The molecule has 3 aromatic rings. The van der Waals surface area contributed by atoms with E-state index < -0.39 is 0 Å². The van der Waals surface area contributed by atoms with E-state index in [9.17, 15) is 4.79 Å². The smallest absolute Gasteiger partial charge is 0.227 e. The molecule has 2 aromatic carbocycles. The summed E-state index contributed by atoms with van der Waals surface area (Å²) in [5.41, 5.74) is 4.02. The molecule has 1 aromatic heterocycles. The Kier molecular flexibility index (Phi) is 4.24. The van der Waals surface area contributed by atoms with E-state index in [0.29, 0.717) is 6.42 Å². The van der Waals surface area contributed by atoms with Crippen molar-refractivity contribution in [3.8, 4) is 27.6 Å². The molecular formula is C20H18N2O2S. The van der Waals surface area contributed by atoms with Crippen molar-refractivity contribution in [1.29, 1.82) is 0 Å². The lowest BCUT2D eigenvalue weighted by molar-refractivity contribution is -0.117. The van der Waals surface area contributed by atoms with Crippen LogP contribution >= 0.6 is 11.3 Å². The van der Waals surface area contributed by atoms with Gasteiger partial charge in [0.25, 0.3) is 0 Å². The predicted molar refractivity (Wildman–Crippen MR) is 101 cm³/mol. The van der Waals surface area contributed by atoms with Gasteiger partial charge in [0.05, 0.1) is 12.8 Å². The maximum Gasteiger partial charge on any atom is 0.227 e. The Morgan fingerprint density at radius 2 is 1.96 bits per heavy atom. The number of ether oxygens (including phenoxy) is 1. The molecule has 1 saturated heterocycles. The van der Waals surface area contributed by atoms with Gasteiger partial charge in [0, 0.05) is 35.2 Å². The van der Waals surface area contributed by atoms with Crippen molar-refractivity contribution in [1.82, 2.24) is 4.98 Å². The molecule has 0 aliphatic carbocycles. The SMILES string of the molecule is COc1cccc(-c2nc(-c3ccc(N4CCCC4=O)cc3)cs2)c1. The van der Waals surface area contributed by atoms with Crippen LogP contribution in [0.4, 0.5) is 5.69 Å². The molecule has 25 heavy (non-hydrogen) atoms. The highest BCUT2D eigenvalue weighted by Gasteiger charge is 2.21. The van der Waals surface area contributed by atoms with Crippen LogP contribution in [0.3, 0.4) is 0 Å². The van der Waals surface area contributed by atoms with Crippen LogP contribution in [0.1, 0.15) is 12.8 Å². The van der Waals surface area contributed by atoms with Crippen molar-refractivity contribution in [2.24, 2.45) is 0 Å². The van der Waals surface area contributed by atoms with Crippen LogP contribution in [0.5, 0.6) is 5.75 Å². The molecule has 1 aliphatic heterocycles. The van der Waals surface area contributed by atoms with Gasteiger partial charge in [0.1, 0.15) is 10.8 Å². The largest absolute Gasteiger partial charge is 0.497 e. The molecule has 0 N–H and O–H groups in total. The highest BCUT2D eigenvalue weighted by Crippen LogP contribution is 2.31. The summed E-state index contributed by atoms with van der Waals surface area (Å²) in [6, 6.07) is 16.0. The van der Waals surface area contributed by atoms with Gasteiger partial charge in [-0.3, -0.25) is 4.79 Å². The van der Waals surface area contributed by atoms with E-state index in [1.807, 2.05) is 53.4 Å². The summed E-state index contributed by atoms with van der Waals surface area (Å²) in [5.74, 6) is 1.04. The fourth-order valence-electron chi connectivity index (χ4n) is 3.03. The van der Waals surface area contributed by atoms with E-state index in [-0.39, 0.29) is 5.91 Å². The van der Waals surface area contributed by atoms with Gasteiger partial charge in [-0.1, -0.05) is 24.3 Å². The Hall–Kier alpha value is -2.66. The van der Waals surface area contributed by atoms with E-state index in [2.05, 4.69) is 5.38 Å². The first kappa shape index (κ1) is 15.8. The number of aromatic nitrogens is 1. The third-order valence-corrected chi connectivity index (χ3v) is 5.26. The van der Waals surface area contributed by atoms with Gasteiger partial charge in [0.2, 0.25) is 5.91 Å². The van der Waals surface area contributed by atoms with Crippen molar-refractivity contribution in [3.05, 3.63) is 53.9 Å². The first-order valence-corrected chi connectivity index (χ1v) is 9.13. The number of amides is 1. The molecule has 0 saturated carbocycles. The molecule has 1 amide bonds. The van der Waals surface area contributed by atoms with Gasteiger partial charge in [-0.15, -0.1) is 11.3 Å². The normalized spacial score (nSPS) is 14.1. The Morgan fingerprint density at radius 1 is 1.12 bits per heavy atom. The Labute approximate surface area is 150 Å². The number of carbonyl (C=O) groups is 1.